The van der Waals surface area contributed by atoms with Crippen molar-refractivity contribution >= 4 is 17.7 Å². The van der Waals surface area contributed by atoms with E-state index in [1.54, 1.807) is 19.3 Å². The van der Waals surface area contributed by atoms with Crippen LogP contribution < -0.4 is 19.7 Å². The Kier molecular flexibility index (Phi) is 8.79. The van der Waals surface area contributed by atoms with Gasteiger partial charge in [0.1, 0.15) is 0 Å². The van der Waals surface area contributed by atoms with E-state index in [0.29, 0.717) is 18.9 Å². The van der Waals surface area contributed by atoms with E-state index in [2.05, 4.69) is 46.3 Å². The summed E-state index contributed by atoms with van der Waals surface area (Å²) in [6.45, 7) is 8.25. The number of benzene rings is 2. The van der Waals surface area contributed by atoms with Crippen molar-refractivity contribution in [2.24, 2.45) is 0 Å². The van der Waals surface area contributed by atoms with Crippen molar-refractivity contribution in [2.75, 3.05) is 57.9 Å². The number of hydrogen-bond acceptors (Lipinski definition) is 5. The van der Waals surface area contributed by atoms with Crippen LogP contribution in [0.15, 0.2) is 54.6 Å². The molecule has 6 heteroatoms. The van der Waals surface area contributed by atoms with Gasteiger partial charge in [0.15, 0.2) is 11.5 Å². The normalized spacial score (nSPS) is 14.6. The summed E-state index contributed by atoms with van der Waals surface area (Å²) in [5.41, 5.74) is 2.18. The third-order valence-corrected chi connectivity index (χ3v) is 5.30. The van der Waals surface area contributed by atoms with Gasteiger partial charge < -0.3 is 19.7 Å². The molecule has 0 spiro atoms. The van der Waals surface area contributed by atoms with Gasteiger partial charge in [0.05, 0.1) is 13.7 Å². The molecule has 1 amide bonds. The molecule has 0 unspecified atom stereocenters. The maximum absolute atomic E-state index is 12.2. The number of ether oxygens (including phenoxy) is 2. The molecule has 1 aliphatic heterocycles. The van der Waals surface area contributed by atoms with E-state index >= 15 is 0 Å². The van der Waals surface area contributed by atoms with Gasteiger partial charge >= 0.3 is 0 Å². The number of carbonyl (C=O) groups is 1. The molecule has 0 bridgehead atoms. The third-order valence-electron chi connectivity index (χ3n) is 5.30. The lowest BCUT2D eigenvalue weighted by Crippen LogP contribution is -2.48. The first-order chi connectivity index (χ1) is 15.2. The Hall–Kier alpha value is -2.99. The quantitative estimate of drug-likeness (QED) is 0.594. The van der Waals surface area contributed by atoms with Crippen LogP contribution in [0.2, 0.25) is 0 Å². The Morgan fingerprint density at radius 3 is 2.55 bits per heavy atom. The number of nitrogens with one attached hydrogen (secondary N) is 1. The number of rotatable bonds is 10. The summed E-state index contributed by atoms with van der Waals surface area (Å²) in [7, 11) is 1.62. The number of methoxy groups -OCH3 is 1. The number of piperazine rings is 1. The average Bonchev–Trinajstić information content (AvgIpc) is 2.82. The summed E-state index contributed by atoms with van der Waals surface area (Å²) in [4.78, 5) is 17.0. The molecular formula is C25H33N3O3. The predicted molar refractivity (Wildman–Crippen MR) is 126 cm³/mol. The lowest BCUT2D eigenvalue weighted by atomic mass is 10.2. The molecule has 0 saturated carbocycles. The van der Waals surface area contributed by atoms with Gasteiger partial charge in [-0.3, -0.25) is 9.69 Å². The highest BCUT2D eigenvalue weighted by Gasteiger charge is 2.16. The molecule has 1 N–H and O–H groups in total. The van der Waals surface area contributed by atoms with E-state index in [4.69, 9.17) is 9.47 Å². The van der Waals surface area contributed by atoms with Crippen molar-refractivity contribution in [3.63, 3.8) is 0 Å². The van der Waals surface area contributed by atoms with Crippen LogP contribution in [-0.4, -0.2) is 63.8 Å². The van der Waals surface area contributed by atoms with E-state index in [0.717, 1.165) is 50.5 Å². The summed E-state index contributed by atoms with van der Waals surface area (Å²) in [5, 5.41) is 2.97. The molecule has 0 radical (unpaired) electrons. The molecule has 6 nitrogen and oxygen atoms in total. The minimum absolute atomic E-state index is 0.0896. The summed E-state index contributed by atoms with van der Waals surface area (Å²) < 4.78 is 11.1. The molecule has 0 atom stereocenters. The molecular weight excluding hydrogens is 390 g/mol. The second-order valence-corrected chi connectivity index (χ2v) is 7.55. The van der Waals surface area contributed by atoms with Gasteiger partial charge in [0, 0.05) is 51.0 Å². The Bertz CT molecular complexity index is 846. The van der Waals surface area contributed by atoms with Crippen LogP contribution in [0.1, 0.15) is 18.9 Å². The zero-order chi connectivity index (χ0) is 21.9. The van der Waals surface area contributed by atoms with Crippen LogP contribution in [0.4, 0.5) is 5.69 Å². The Balaban J connectivity index is 1.39. The molecule has 1 heterocycles. The summed E-state index contributed by atoms with van der Waals surface area (Å²) in [6.07, 6.45) is 4.29. The minimum Gasteiger partial charge on any atom is -0.493 e. The molecule has 0 aromatic heterocycles. The first kappa shape index (κ1) is 22.7. The molecule has 166 valence electrons. The van der Waals surface area contributed by atoms with Gasteiger partial charge in [-0.05, 0) is 42.3 Å². The van der Waals surface area contributed by atoms with Crippen molar-refractivity contribution in [1.82, 2.24) is 10.2 Å². The topological polar surface area (TPSA) is 54.0 Å². The molecule has 31 heavy (non-hydrogen) atoms. The predicted octanol–water partition coefficient (Wildman–Crippen LogP) is 3.44. The first-order valence-corrected chi connectivity index (χ1v) is 11.0. The van der Waals surface area contributed by atoms with Crippen molar-refractivity contribution < 1.29 is 14.3 Å². The molecule has 2 aromatic rings. The SMILES string of the molecule is CCCOc1ccc(/C=C/C(=O)NCCN2CCN(c3ccccc3)CC2)cc1OC. The molecule has 1 fully saturated rings. The van der Waals surface area contributed by atoms with Gasteiger partial charge in [-0.2, -0.15) is 0 Å². The van der Waals surface area contributed by atoms with Crippen molar-refractivity contribution in [3.05, 3.63) is 60.2 Å². The first-order valence-electron chi connectivity index (χ1n) is 11.0. The van der Waals surface area contributed by atoms with Gasteiger partial charge in [-0.15, -0.1) is 0 Å². The summed E-state index contributed by atoms with van der Waals surface area (Å²) in [6, 6.07) is 16.2. The van der Waals surface area contributed by atoms with Gasteiger partial charge in [-0.25, -0.2) is 0 Å². The van der Waals surface area contributed by atoms with E-state index in [1.807, 2.05) is 24.3 Å². The highest BCUT2D eigenvalue weighted by Crippen LogP contribution is 2.28. The highest BCUT2D eigenvalue weighted by atomic mass is 16.5. The van der Waals surface area contributed by atoms with Crippen LogP contribution >= 0.6 is 0 Å². The highest BCUT2D eigenvalue weighted by molar-refractivity contribution is 5.91. The van der Waals surface area contributed by atoms with Gasteiger partial charge in [-0.1, -0.05) is 31.2 Å². The van der Waals surface area contributed by atoms with Crippen LogP contribution in [-0.2, 0) is 4.79 Å². The van der Waals surface area contributed by atoms with Crippen LogP contribution in [0.5, 0.6) is 11.5 Å². The zero-order valence-electron chi connectivity index (χ0n) is 18.5. The molecule has 1 saturated heterocycles. The van der Waals surface area contributed by atoms with Crippen LogP contribution in [0.25, 0.3) is 6.08 Å². The number of nitrogens with zero attached hydrogens (tertiary/aromatic N) is 2. The monoisotopic (exact) mass is 423 g/mol. The van der Waals surface area contributed by atoms with E-state index in [9.17, 15) is 4.79 Å². The zero-order valence-corrected chi connectivity index (χ0v) is 18.5. The number of anilines is 1. The average molecular weight is 424 g/mol. The number of amides is 1. The van der Waals surface area contributed by atoms with Crippen molar-refractivity contribution in [3.8, 4) is 11.5 Å². The molecule has 3 rings (SSSR count). The van der Waals surface area contributed by atoms with Gasteiger partial charge in [0.2, 0.25) is 5.91 Å². The Morgan fingerprint density at radius 2 is 1.84 bits per heavy atom. The molecule has 1 aliphatic rings. The maximum atomic E-state index is 12.2. The minimum atomic E-state index is -0.0896. The van der Waals surface area contributed by atoms with Crippen molar-refractivity contribution in [2.45, 2.75) is 13.3 Å². The smallest absolute Gasteiger partial charge is 0.244 e. The van der Waals surface area contributed by atoms with E-state index in [1.165, 1.54) is 5.69 Å². The third kappa shape index (κ3) is 7.03. The number of carbonyl (C=O) groups excluding carboxylic acids is 1. The summed E-state index contributed by atoms with van der Waals surface area (Å²) >= 11 is 0. The van der Waals surface area contributed by atoms with Crippen molar-refractivity contribution in [1.29, 1.82) is 0 Å². The lowest BCUT2D eigenvalue weighted by Gasteiger charge is -2.36. The van der Waals surface area contributed by atoms with Crippen LogP contribution in [0, 0.1) is 0 Å². The fourth-order valence-electron chi connectivity index (χ4n) is 3.56. The fourth-order valence-corrected chi connectivity index (χ4v) is 3.56. The molecule has 2 aromatic carbocycles. The Morgan fingerprint density at radius 1 is 1.06 bits per heavy atom. The standard InChI is InChI=1S/C25H33N3O3/c1-3-19-31-23-11-9-21(20-24(23)30-2)10-12-25(29)26-13-14-27-15-17-28(18-16-27)22-7-5-4-6-8-22/h4-12,20H,3,13-19H2,1-2H3,(H,26,29)/b12-10+. The van der Waals surface area contributed by atoms with E-state index in [-0.39, 0.29) is 5.91 Å². The van der Waals surface area contributed by atoms with Gasteiger partial charge in [0.25, 0.3) is 0 Å². The second kappa shape index (κ2) is 12.0. The lowest BCUT2D eigenvalue weighted by molar-refractivity contribution is -0.116. The Labute approximate surface area is 185 Å². The second-order valence-electron chi connectivity index (χ2n) is 7.55. The van der Waals surface area contributed by atoms with Crippen LogP contribution in [0.3, 0.4) is 0 Å². The van der Waals surface area contributed by atoms with E-state index < -0.39 is 0 Å². The number of hydrogen-bond donors (Lipinski definition) is 1. The largest absolute Gasteiger partial charge is 0.493 e. The fraction of sp³-hybridized carbons (Fsp3) is 0.400. The maximum Gasteiger partial charge on any atom is 0.244 e. The molecule has 0 aliphatic carbocycles. The summed E-state index contributed by atoms with van der Waals surface area (Å²) in [5.74, 6) is 1.30. The number of para-hydroxylation sites is 1.